The molecule has 2 amide bonds. The number of hydrogen-bond acceptors (Lipinski definition) is 3. The molecule has 2 unspecified atom stereocenters. The zero-order valence-electron chi connectivity index (χ0n) is 11.0. The van der Waals surface area contributed by atoms with Crippen LogP contribution >= 0.6 is 0 Å². The van der Waals surface area contributed by atoms with Gasteiger partial charge in [0, 0.05) is 19.0 Å². The first-order chi connectivity index (χ1) is 8.61. The molecule has 2 aliphatic rings. The molecule has 0 aromatic carbocycles. The van der Waals surface area contributed by atoms with E-state index in [0.29, 0.717) is 18.5 Å². The van der Waals surface area contributed by atoms with Gasteiger partial charge in [0.15, 0.2) is 0 Å². The monoisotopic (exact) mass is 253 g/mol. The molecule has 18 heavy (non-hydrogen) atoms. The van der Waals surface area contributed by atoms with Gasteiger partial charge in [-0.2, -0.15) is 0 Å². The van der Waals surface area contributed by atoms with Gasteiger partial charge in [-0.05, 0) is 38.1 Å². The maximum Gasteiger partial charge on any atom is 0.239 e. The highest BCUT2D eigenvalue weighted by molar-refractivity contribution is 5.86. The second kappa shape index (κ2) is 5.69. The topological polar surface area (TPSA) is 75.4 Å². The Balaban J connectivity index is 1.81. The first-order valence-corrected chi connectivity index (χ1v) is 6.86. The van der Waals surface area contributed by atoms with Crippen LogP contribution in [0.4, 0.5) is 0 Å². The molecule has 3 N–H and O–H groups in total. The van der Waals surface area contributed by atoms with E-state index in [4.69, 9.17) is 5.73 Å². The molecule has 0 heterocycles. The van der Waals surface area contributed by atoms with Crippen molar-refractivity contribution in [2.45, 2.75) is 38.1 Å². The van der Waals surface area contributed by atoms with E-state index in [2.05, 4.69) is 5.32 Å². The molecule has 0 aromatic heterocycles. The Hall–Kier alpha value is -1.10. The fourth-order valence-corrected chi connectivity index (χ4v) is 2.72. The maximum absolute atomic E-state index is 12.2. The van der Waals surface area contributed by atoms with Crippen molar-refractivity contribution in [2.24, 2.45) is 17.6 Å². The highest BCUT2D eigenvalue weighted by atomic mass is 16.2. The summed E-state index contributed by atoms with van der Waals surface area (Å²) in [4.78, 5) is 25.4. The van der Waals surface area contributed by atoms with Crippen molar-refractivity contribution >= 4 is 11.8 Å². The normalized spacial score (nSPS) is 27.0. The predicted molar refractivity (Wildman–Crippen MR) is 68.7 cm³/mol. The van der Waals surface area contributed by atoms with Gasteiger partial charge in [0.05, 0.1) is 6.54 Å². The Morgan fingerprint density at radius 1 is 1.28 bits per heavy atom. The molecule has 0 spiro atoms. The summed E-state index contributed by atoms with van der Waals surface area (Å²) in [6, 6.07) is 0.351. The van der Waals surface area contributed by atoms with Crippen LogP contribution in [-0.2, 0) is 9.59 Å². The minimum absolute atomic E-state index is 0.0220. The molecule has 2 fully saturated rings. The summed E-state index contributed by atoms with van der Waals surface area (Å²) in [5, 5.41) is 2.90. The third kappa shape index (κ3) is 3.22. The number of carbonyl (C=O) groups is 2. The zero-order chi connectivity index (χ0) is 13.1. The van der Waals surface area contributed by atoms with Gasteiger partial charge in [0.25, 0.3) is 0 Å². The average molecular weight is 253 g/mol. The number of nitrogens with two attached hydrogens (primary N) is 1. The molecular formula is C13H23N3O2. The Morgan fingerprint density at radius 3 is 2.61 bits per heavy atom. The van der Waals surface area contributed by atoms with Crippen LogP contribution in [0.2, 0.25) is 0 Å². The fourth-order valence-electron chi connectivity index (χ4n) is 2.72. The minimum Gasteiger partial charge on any atom is -0.352 e. The van der Waals surface area contributed by atoms with Crippen LogP contribution in [0.25, 0.3) is 0 Å². The third-order valence-corrected chi connectivity index (χ3v) is 3.98. The van der Waals surface area contributed by atoms with Crippen molar-refractivity contribution in [3.8, 4) is 0 Å². The highest BCUT2D eigenvalue weighted by Crippen LogP contribution is 2.32. The summed E-state index contributed by atoms with van der Waals surface area (Å²) in [6.45, 7) is 0.738. The van der Waals surface area contributed by atoms with Crippen LogP contribution in [-0.4, -0.2) is 42.9 Å². The number of carbonyl (C=O) groups excluding carboxylic acids is 2. The summed E-state index contributed by atoms with van der Waals surface area (Å²) in [5.74, 6) is 0.352. The molecule has 0 saturated heterocycles. The van der Waals surface area contributed by atoms with Crippen molar-refractivity contribution in [1.29, 1.82) is 0 Å². The molecule has 2 rings (SSSR count). The van der Waals surface area contributed by atoms with E-state index >= 15 is 0 Å². The number of nitrogens with one attached hydrogen (secondary N) is 1. The fraction of sp³-hybridized carbons (Fsp3) is 0.846. The van der Waals surface area contributed by atoms with E-state index in [0.717, 1.165) is 32.1 Å². The predicted octanol–water partition coefficient (Wildman–Crippen LogP) is 0.0984. The number of hydrogen-bond donors (Lipinski definition) is 2. The zero-order valence-corrected chi connectivity index (χ0v) is 11.0. The largest absolute Gasteiger partial charge is 0.352 e. The van der Waals surface area contributed by atoms with Gasteiger partial charge in [0.1, 0.15) is 0 Å². The van der Waals surface area contributed by atoms with E-state index in [1.54, 1.807) is 11.9 Å². The van der Waals surface area contributed by atoms with Crippen molar-refractivity contribution in [3.05, 3.63) is 0 Å². The molecule has 2 aliphatic carbocycles. The quantitative estimate of drug-likeness (QED) is 0.729. The Kier molecular flexibility index (Phi) is 4.22. The first kappa shape index (κ1) is 13.3. The van der Waals surface area contributed by atoms with Crippen LogP contribution in [0.15, 0.2) is 0 Å². The number of rotatable bonds is 5. The third-order valence-electron chi connectivity index (χ3n) is 3.98. The van der Waals surface area contributed by atoms with Crippen LogP contribution in [0, 0.1) is 11.8 Å². The van der Waals surface area contributed by atoms with Crippen LogP contribution in [0.3, 0.4) is 0 Å². The molecule has 0 bridgehead atoms. The van der Waals surface area contributed by atoms with E-state index in [1.165, 1.54) is 0 Å². The molecule has 102 valence electrons. The van der Waals surface area contributed by atoms with Crippen LogP contribution in [0.1, 0.15) is 32.1 Å². The van der Waals surface area contributed by atoms with Gasteiger partial charge in [-0.3, -0.25) is 9.59 Å². The Morgan fingerprint density at radius 2 is 2.00 bits per heavy atom. The highest BCUT2D eigenvalue weighted by Gasteiger charge is 2.34. The van der Waals surface area contributed by atoms with Crippen molar-refractivity contribution in [1.82, 2.24) is 10.2 Å². The van der Waals surface area contributed by atoms with Gasteiger partial charge >= 0.3 is 0 Å². The lowest BCUT2D eigenvalue weighted by Crippen LogP contribution is -2.43. The molecular weight excluding hydrogens is 230 g/mol. The lowest BCUT2D eigenvalue weighted by Gasteiger charge is -2.24. The van der Waals surface area contributed by atoms with E-state index in [9.17, 15) is 9.59 Å². The summed E-state index contributed by atoms with van der Waals surface area (Å²) < 4.78 is 0. The maximum atomic E-state index is 12.2. The van der Waals surface area contributed by atoms with Crippen LogP contribution in [0.5, 0.6) is 0 Å². The van der Waals surface area contributed by atoms with E-state index in [1.807, 2.05) is 0 Å². The Bertz CT molecular complexity index is 328. The van der Waals surface area contributed by atoms with Crippen LogP contribution < -0.4 is 11.1 Å². The molecule has 0 aromatic rings. The first-order valence-electron chi connectivity index (χ1n) is 6.86. The summed E-state index contributed by atoms with van der Waals surface area (Å²) in [6.07, 6.45) is 5.16. The SMILES string of the molecule is CN(CC(=O)NC1CC1)C(=O)C1CCCC1CN. The van der Waals surface area contributed by atoms with Crippen molar-refractivity contribution in [3.63, 3.8) is 0 Å². The molecule has 5 heteroatoms. The molecule has 0 aliphatic heterocycles. The standard InChI is InChI=1S/C13H23N3O2/c1-16(8-12(17)15-10-5-6-10)13(18)11-4-2-3-9(11)7-14/h9-11H,2-8,14H2,1H3,(H,15,17). The number of nitrogens with zero attached hydrogens (tertiary/aromatic N) is 1. The van der Waals surface area contributed by atoms with Gasteiger partial charge in [-0.15, -0.1) is 0 Å². The molecule has 2 saturated carbocycles. The van der Waals surface area contributed by atoms with E-state index in [-0.39, 0.29) is 24.3 Å². The summed E-state index contributed by atoms with van der Waals surface area (Å²) in [7, 11) is 1.71. The van der Waals surface area contributed by atoms with Gasteiger partial charge in [-0.1, -0.05) is 6.42 Å². The van der Waals surface area contributed by atoms with Gasteiger partial charge in [0.2, 0.25) is 11.8 Å². The van der Waals surface area contributed by atoms with Crippen molar-refractivity contribution < 1.29 is 9.59 Å². The minimum atomic E-state index is -0.0457. The molecule has 2 atom stereocenters. The lowest BCUT2D eigenvalue weighted by atomic mass is 9.95. The van der Waals surface area contributed by atoms with E-state index < -0.39 is 0 Å². The summed E-state index contributed by atoms with van der Waals surface area (Å²) in [5.41, 5.74) is 5.69. The summed E-state index contributed by atoms with van der Waals surface area (Å²) >= 11 is 0. The number of amides is 2. The lowest BCUT2D eigenvalue weighted by molar-refractivity contribution is -0.138. The van der Waals surface area contributed by atoms with Gasteiger partial charge in [-0.25, -0.2) is 0 Å². The van der Waals surface area contributed by atoms with Crippen molar-refractivity contribution in [2.75, 3.05) is 20.1 Å². The second-order valence-corrected chi connectivity index (χ2v) is 5.57. The van der Waals surface area contributed by atoms with Gasteiger partial charge < -0.3 is 16.0 Å². The smallest absolute Gasteiger partial charge is 0.239 e. The molecule has 0 radical (unpaired) electrons. The Labute approximate surface area is 108 Å². The molecule has 5 nitrogen and oxygen atoms in total. The number of likely N-dealkylation sites (N-methyl/N-ethyl adjacent to an activating group) is 1. The second-order valence-electron chi connectivity index (χ2n) is 5.57. The average Bonchev–Trinajstić information content (AvgIpc) is 3.02.